The summed E-state index contributed by atoms with van der Waals surface area (Å²) < 4.78 is 55.0. The fourth-order valence-corrected chi connectivity index (χ4v) is 3.11. The first-order valence-corrected chi connectivity index (χ1v) is 9.60. The molecule has 0 saturated heterocycles. The quantitative estimate of drug-likeness (QED) is 0.381. The minimum Gasteiger partial charge on any atom is -0.428 e. The molecule has 3 N–H and O–H groups in total. The molecule has 10 heteroatoms. The molecular formula is C23H16F4N4O2. The Morgan fingerprint density at radius 2 is 1.76 bits per heavy atom. The van der Waals surface area contributed by atoms with Crippen LogP contribution < -0.4 is 15.8 Å². The number of aromatic nitrogens is 2. The van der Waals surface area contributed by atoms with Gasteiger partial charge in [-0.15, -0.1) is 0 Å². The van der Waals surface area contributed by atoms with E-state index in [4.69, 9.17) is 5.73 Å². The van der Waals surface area contributed by atoms with Crippen LogP contribution in [0.15, 0.2) is 72.9 Å². The molecule has 6 nitrogen and oxygen atoms in total. The molecule has 33 heavy (non-hydrogen) atoms. The molecule has 168 valence electrons. The van der Waals surface area contributed by atoms with Crippen LogP contribution in [-0.4, -0.2) is 28.4 Å². The van der Waals surface area contributed by atoms with Crippen molar-refractivity contribution in [2.24, 2.45) is 0 Å². The van der Waals surface area contributed by atoms with Crippen molar-refractivity contribution in [3.8, 4) is 16.9 Å². The van der Waals surface area contributed by atoms with Crippen molar-refractivity contribution in [3.63, 3.8) is 0 Å². The number of amides is 1. The summed E-state index contributed by atoms with van der Waals surface area (Å²) in [7, 11) is 0. The topological polar surface area (TPSA) is 90.1 Å². The molecule has 1 heterocycles. The number of alkyl halides is 4. The predicted molar refractivity (Wildman–Crippen MR) is 115 cm³/mol. The van der Waals surface area contributed by atoms with Gasteiger partial charge >= 0.3 is 12.5 Å². The number of carbonyl (C=O) groups excluding carboxylic acids is 1. The van der Waals surface area contributed by atoms with Gasteiger partial charge in [-0.25, -0.2) is 9.97 Å². The Morgan fingerprint density at radius 1 is 1.00 bits per heavy atom. The molecule has 4 aromatic rings. The summed E-state index contributed by atoms with van der Waals surface area (Å²) in [5.41, 5.74) is 8.24. The number of nitrogen functional groups attached to an aromatic ring is 1. The average molecular weight is 456 g/mol. The van der Waals surface area contributed by atoms with Crippen molar-refractivity contribution in [2.45, 2.75) is 12.5 Å². The highest BCUT2D eigenvalue weighted by molar-refractivity contribution is 6.05. The van der Waals surface area contributed by atoms with Gasteiger partial charge in [0.2, 0.25) is 5.95 Å². The lowest BCUT2D eigenvalue weighted by Crippen LogP contribution is -2.33. The van der Waals surface area contributed by atoms with Crippen LogP contribution in [0.3, 0.4) is 0 Å². The number of carbonyl (C=O) groups is 1. The van der Waals surface area contributed by atoms with E-state index in [9.17, 15) is 22.4 Å². The smallest absolute Gasteiger partial charge is 0.428 e. The molecule has 0 aliphatic carbocycles. The van der Waals surface area contributed by atoms with Crippen LogP contribution in [0, 0.1) is 0 Å². The first-order valence-electron chi connectivity index (χ1n) is 9.60. The monoisotopic (exact) mass is 456 g/mol. The lowest BCUT2D eigenvalue weighted by atomic mass is 10.0. The second-order valence-corrected chi connectivity index (χ2v) is 7.03. The molecule has 0 spiro atoms. The fourth-order valence-electron chi connectivity index (χ4n) is 3.11. The Hall–Kier alpha value is -4.21. The summed E-state index contributed by atoms with van der Waals surface area (Å²) in [6.45, 7) is 0. The molecule has 0 aliphatic rings. The van der Waals surface area contributed by atoms with E-state index in [1.807, 2.05) is 18.2 Å². The molecule has 1 aromatic heterocycles. The van der Waals surface area contributed by atoms with Crippen molar-refractivity contribution in [3.05, 3.63) is 78.5 Å². The number of anilines is 2. The Kier molecular flexibility index (Phi) is 5.82. The Morgan fingerprint density at radius 3 is 2.55 bits per heavy atom. The number of hydrogen-bond donors (Lipinski definition) is 2. The van der Waals surface area contributed by atoms with Gasteiger partial charge < -0.3 is 15.8 Å². The first-order chi connectivity index (χ1) is 15.7. The second-order valence-electron chi connectivity index (χ2n) is 7.03. The number of nitrogens with one attached hydrogen (secondary N) is 1. The third-order valence-electron chi connectivity index (χ3n) is 4.66. The number of nitrogens with two attached hydrogens (primary N) is 1. The summed E-state index contributed by atoms with van der Waals surface area (Å²) in [4.78, 5) is 20.8. The summed E-state index contributed by atoms with van der Waals surface area (Å²) >= 11 is 0. The van der Waals surface area contributed by atoms with Crippen molar-refractivity contribution >= 4 is 28.4 Å². The van der Waals surface area contributed by atoms with Gasteiger partial charge in [0.05, 0.1) is 5.52 Å². The normalized spacial score (nSPS) is 11.5. The molecule has 0 saturated carbocycles. The molecule has 3 aromatic carbocycles. The summed E-state index contributed by atoms with van der Waals surface area (Å²) in [6, 6.07) is 17.1. The zero-order valence-corrected chi connectivity index (χ0v) is 16.8. The number of ether oxygens (including phenoxy) is 1. The van der Waals surface area contributed by atoms with Crippen molar-refractivity contribution in [1.82, 2.24) is 9.97 Å². The van der Waals surface area contributed by atoms with Crippen LogP contribution in [0.4, 0.5) is 29.2 Å². The second kappa shape index (κ2) is 8.73. The van der Waals surface area contributed by atoms with E-state index in [1.54, 1.807) is 30.5 Å². The van der Waals surface area contributed by atoms with Gasteiger partial charge in [0.15, 0.2) is 0 Å². The van der Waals surface area contributed by atoms with Crippen LogP contribution in [0.1, 0.15) is 10.4 Å². The zero-order valence-electron chi connectivity index (χ0n) is 16.8. The van der Waals surface area contributed by atoms with E-state index in [-0.39, 0.29) is 11.6 Å². The lowest BCUT2D eigenvalue weighted by Gasteiger charge is -2.17. The van der Waals surface area contributed by atoms with Crippen LogP contribution in [0.2, 0.25) is 0 Å². The molecule has 1 amide bonds. The predicted octanol–water partition coefficient (Wildman–Crippen LogP) is 5.37. The SMILES string of the molecule is Nc1ncc2cc(-c3cccc(C(=O)Nc4cccc(OC(F)(F)C(F)F)c4)c3)ccc2n1. The van der Waals surface area contributed by atoms with Gasteiger partial charge in [-0.3, -0.25) is 4.79 Å². The van der Waals surface area contributed by atoms with Crippen molar-refractivity contribution in [2.75, 3.05) is 11.1 Å². The maximum Gasteiger partial charge on any atom is 0.461 e. The molecule has 4 rings (SSSR count). The van der Waals surface area contributed by atoms with E-state index >= 15 is 0 Å². The van der Waals surface area contributed by atoms with E-state index < -0.39 is 24.2 Å². The van der Waals surface area contributed by atoms with E-state index in [2.05, 4.69) is 20.0 Å². The summed E-state index contributed by atoms with van der Waals surface area (Å²) in [5.74, 6) is -0.862. The molecule has 0 radical (unpaired) electrons. The highest BCUT2D eigenvalue weighted by Gasteiger charge is 2.44. The largest absolute Gasteiger partial charge is 0.461 e. The molecular weight excluding hydrogens is 440 g/mol. The molecule has 0 bridgehead atoms. The number of benzene rings is 3. The number of halogens is 4. The Bertz CT molecular complexity index is 1330. The summed E-state index contributed by atoms with van der Waals surface area (Å²) in [6.07, 6.45) is -7.03. The zero-order chi connectivity index (χ0) is 23.6. The minimum atomic E-state index is -4.65. The van der Waals surface area contributed by atoms with Gasteiger partial charge in [0, 0.05) is 28.9 Å². The fraction of sp³-hybridized carbons (Fsp3) is 0.0870. The van der Waals surface area contributed by atoms with Gasteiger partial charge in [-0.2, -0.15) is 17.6 Å². The van der Waals surface area contributed by atoms with Crippen LogP contribution in [0.5, 0.6) is 5.75 Å². The highest BCUT2D eigenvalue weighted by Crippen LogP contribution is 2.29. The van der Waals surface area contributed by atoms with E-state index in [1.165, 1.54) is 12.1 Å². The van der Waals surface area contributed by atoms with Crippen LogP contribution >= 0.6 is 0 Å². The van der Waals surface area contributed by atoms with Gasteiger partial charge in [-0.1, -0.05) is 24.3 Å². The van der Waals surface area contributed by atoms with Crippen molar-refractivity contribution in [1.29, 1.82) is 0 Å². The standard InChI is InChI=1S/C23H16F4N4O2/c24-21(25)23(26,27)33-18-6-2-5-17(11-18)30-20(32)15-4-1-3-13(9-15)14-7-8-19-16(10-14)12-29-22(28)31-19/h1-12,21H,(H,30,32)(H2,28,29,31). The maximum atomic E-state index is 13.1. The molecule has 0 atom stereocenters. The minimum absolute atomic E-state index is 0.105. The highest BCUT2D eigenvalue weighted by atomic mass is 19.3. The number of rotatable bonds is 6. The van der Waals surface area contributed by atoms with Gasteiger partial charge in [-0.05, 0) is 47.5 Å². The van der Waals surface area contributed by atoms with Crippen LogP contribution in [-0.2, 0) is 0 Å². The summed E-state index contributed by atoms with van der Waals surface area (Å²) in [5, 5.41) is 3.32. The van der Waals surface area contributed by atoms with Gasteiger partial charge in [0.25, 0.3) is 5.91 Å². The third kappa shape index (κ3) is 5.00. The number of hydrogen-bond acceptors (Lipinski definition) is 5. The number of fused-ring (bicyclic) bond motifs is 1. The van der Waals surface area contributed by atoms with Gasteiger partial charge in [0.1, 0.15) is 5.75 Å². The Labute approximate surface area is 185 Å². The Balaban J connectivity index is 1.54. The first kappa shape index (κ1) is 22.0. The van der Waals surface area contributed by atoms with Crippen molar-refractivity contribution < 1.29 is 27.1 Å². The van der Waals surface area contributed by atoms with E-state index in [0.717, 1.165) is 28.6 Å². The third-order valence-corrected chi connectivity index (χ3v) is 4.66. The average Bonchev–Trinajstić information content (AvgIpc) is 2.78. The molecule has 0 unspecified atom stereocenters. The lowest BCUT2D eigenvalue weighted by molar-refractivity contribution is -0.253. The molecule has 0 aliphatic heterocycles. The van der Waals surface area contributed by atoms with E-state index in [0.29, 0.717) is 11.1 Å². The van der Waals surface area contributed by atoms with Crippen LogP contribution in [0.25, 0.3) is 22.0 Å². The number of nitrogens with zero attached hydrogens (tertiary/aromatic N) is 2. The molecule has 0 fully saturated rings. The maximum absolute atomic E-state index is 13.1.